The Kier molecular flexibility index (Phi) is 3.22. The minimum atomic E-state index is -2.56. The molecule has 94 valence electrons. The van der Waals surface area contributed by atoms with Crippen LogP contribution in [0.3, 0.4) is 0 Å². The number of nitrogen functional groups attached to an aromatic ring is 1. The monoisotopic (exact) mass is 240 g/mol. The van der Waals surface area contributed by atoms with Crippen LogP contribution in [-0.2, 0) is 0 Å². The Morgan fingerprint density at radius 2 is 1.82 bits per heavy atom. The average Bonchev–Trinajstić information content (AvgIpc) is 2.29. The third kappa shape index (κ3) is 2.68. The Labute approximate surface area is 100 Å². The highest BCUT2D eigenvalue weighted by molar-refractivity contribution is 5.67. The summed E-state index contributed by atoms with van der Waals surface area (Å²) in [7, 11) is 0. The van der Waals surface area contributed by atoms with E-state index in [0.717, 1.165) is 12.6 Å². The minimum Gasteiger partial charge on any atom is -0.397 e. The lowest BCUT2D eigenvalue weighted by Gasteiger charge is -2.36. The van der Waals surface area contributed by atoms with Crippen LogP contribution in [0.1, 0.15) is 19.8 Å². The van der Waals surface area contributed by atoms with Crippen LogP contribution in [0.2, 0.25) is 0 Å². The van der Waals surface area contributed by atoms with Crippen molar-refractivity contribution in [2.45, 2.75) is 25.7 Å². The summed E-state index contributed by atoms with van der Waals surface area (Å²) in [6.07, 6.45) is 1.05. The van der Waals surface area contributed by atoms with E-state index in [0.29, 0.717) is 31.6 Å². The maximum absolute atomic E-state index is 13.2. The van der Waals surface area contributed by atoms with Crippen molar-refractivity contribution in [3.05, 3.63) is 24.3 Å². The molecule has 1 aliphatic heterocycles. The molecule has 4 heteroatoms. The maximum Gasteiger partial charge on any atom is 0.248 e. The summed E-state index contributed by atoms with van der Waals surface area (Å²) < 4.78 is 26.3. The fourth-order valence-corrected chi connectivity index (χ4v) is 2.40. The van der Waals surface area contributed by atoms with E-state index in [4.69, 9.17) is 5.73 Å². The number of benzene rings is 1. The summed E-state index contributed by atoms with van der Waals surface area (Å²) in [5, 5.41) is 0. The number of piperidine rings is 1. The Bertz CT molecular complexity index is 379. The van der Waals surface area contributed by atoms with Crippen LogP contribution in [0.5, 0.6) is 0 Å². The summed E-state index contributed by atoms with van der Waals surface area (Å²) >= 11 is 0. The quantitative estimate of drug-likeness (QED) is 0.805. The van der Waals surface area contributed by atoms with Gasteiger partial charge in [0.2, 0.25) is 5.92 Å². The molecule has 0 radical (unpaired) electrons. The van der Waals surface area contributed by atoms with E-state index in [2.05, 4.69) is 4.90 Å². The highest BCUT2D eigenvalue weighted by Crippen LogP contribution is 2.35. The summed E-state index contributed by atoms with van der Waals surface area (Å²) in [6.45, 7) is 2.33. The summed E-state index contributed by atoms with van der Waals surface area (Å²) in [5.41, 5.74) is 7.56. The zero-order valence-electron chi connectivity index (χ0n) is 10.00. The van der Waals surface area contributed by atoms with Gasteiger partial charge in [0.15, 0.2) is 0 Å². The molecule has 0 spiro atoms. The second kappa shape index (κ2) is 4.51. The molecule has 1 saturated heterocycles. The molecule has 1 heterocycles. The van der Waals surface area contributed by atoms with Crippen molar-refractivity contribution in [1.29, 1.82) is 0 Å². The highest BCUT2D eigenvalue weighted by Gasteiger charge is 2.36. The zero-order chi connectivity index (χ0) is 12.5. The number of rotatable bonds is 2. The smallest absolute Gasteiger partial charge is 0.248 e. The zero-order valence-corrected chi connectivity index (χ0v) is 10.00. The summed E-state index contributed by atoms with van der Waals surface area (Å²) in [5.74, 6) is -3.06. The summed E-state index contributed by atoms with van der Waals surface area (Å²) in [6, 6.07) is 7.59. The van der Waals surface area contributed by atoms with Crippen LogP contribution in [0.4, 0.5) is 20.2 Å². The van der Waals surface area contributed by atoms with Crippen molar-refractivity contribution in [2.75, 3.05) is 23.7 Å². The van der Waals surface area contributed by atoms with Gasteiger partial charge in [-0.1, -0.05) is 12.1 Å². The number of hydrogen-bond acceptors (Lipinski definition) is 2. The van der Waals surface area contributed by atoms with Gasteiger partial charge in [-0.15, -0.1) is 0 Å². The van der Waals surface area contributed by atoms with Gasteiger partial charge in [0.25, 0.3) is 0 Å². The minimum absolute atomic E-state index is 0.497. The number of nitrogens with two attached hydrogens (primary N) is 1. The normalized spacial score (nSPS) is 18.4. The predicted octanol–water partition coefficient (Wildman–Crippen LogP) is 3.14. The predicted molar refractivity (Wildman–Crippen MR) is 66.4 cm³/mol. The molecule has 1 fully saturated rings. The average molecular weight is 240 g/mol. The standard InChI is InChI=1S/C13H18F2N2/c1-13(14,15)10-6-8-17(9-7-10)12-5-3-2-4-11(12)16/h2-5,10H,6-9,16H2,1H3. The van der Waals surface area contributed by atoms with E-state index in [9.17, 15) is 8.78 Å². The molecule has 0 bridgehead atoms. The molecule has 1 aromatic carbocycles. The molecule has 17 heavy (non-hydrogen) atoms. The molecule has 0 atom stereocenters. The van der Waals surface area contributed by atoms with E-state index >= 15 is 0 Å². The maximum atomic E-state index is 13.2. The molecule has 0 unspecified atom stereocenters. The van der Waals surface area contributed by atoms with Crippen LogP contribution in [0.25, 0.3) is 0 Å². The van der Waals surface area contributed by atoms with Crippen molar-refractivity contribution in [3.63, 3.8) is 0 Å². The number of nitrogens with zero attached hydrogens (tertiary/aromatic N) is 1. The van der Waals surface area contributed by atoms with E-state index in [-0.39, 0.29) is 0 Å². The van der Waals surface area contributed by atoms with Gasteiger partial charge in [0, 0.05) is 19.0 Å². The molecule has 0 aliphatic carbocycles. The molecular weight excluding hydrogens is 222 g/mol. The van der Waals surface area contributed by atoms with Gasteiger partial charge in [0.1, 0.15) is 0 Å². The molecule has 2 rings (SSSR count). The van der Waals surface area contributed by atoms with Gasteiger partial charge in [-0.25, -0.2) is 8.78 Å². The Morgan fingerprint density at radius 1 is 1.24 bits per heavy atom. The van der Waals surface area contributed by atoms with Crippen LogP contribution in [0.15, 0.2) is 24.3 Å². The lowest BCUT2D eigenvalue weighted by molar-refractivity contribution is -0.0481. The fourth-order valence-electron chi connectivity index (χ4n) is 2.40. The van der Waals surface area contributed by atoms with Crippen molar-refractivity contribution in [3.8, 4) is 0 Å². The van der Waals surface area contributed by atoms with Gasteiger partial charge < -0.3 is 10.6 Å². The van der Waals surface area contributed by atoms with Gasteiger partial charge in [-0.05, 0) is 31.9 Å². The van der Waals surface area contributed by atoms with Gasteiger partial charge in [-0.2, -0.15) is 0 Å². The fraction of sp³-hybridized carbons (Fsp3) is 0.538. The van der Waals surface area contributed by atoms with E-state index < -0.39 is 11.8 Å². The van der Waals surface area contributed by atoms with E-state index in [1.165, 1.54) is 0 Å². The van der Waals surface area contributed by atoms with Crippen molar-refractivity contribution >= 4 is 11.4 Å². The Balaban J connectivity index is 2.03. The van der Waals surface area contributed by atoms with E-state index in [1.807, 2.05) is 24.3 Å². The molecular formula is C13H18F2N2. The first kappa shape index (κ1) is 12.1. The van der Waals surface area contributed by atoms with E-state index in [1.54, 1.807) is 0 Å². The third-order valence-corrected chi connectivity index (χ3v) is 3.49. The summed E-state index contributed by atoms with van der Waals surface area (Å²) in [4.78, 5) is 2.09. The van der Waals surface area contributed by atoms with Gasteiger partial charge in [-0.3, -0.25) is 0 Å². The van der Waals surface area contributed by atoms with Crippen molar-refractivity contribution in [2.24, 2.45) is 5.92 Å². The second-order valence-corrected chi connectivity index (χ2v) is 4.78. The highest BCUT2D eigenvalue weighted by atomic mass is 19.3. The Morgan fingerprint density at radius 3 is 2.35 bits per heavy atom. The molecule has 2 nitrogen and oxygen atoms in total. The number of hydrogen-bond donors (Lipinski definition) is 1. The molecule has 0 aromatic heterocycles. The second-order valence-electron chi connectivity index (χ2n) is 4.78. The first-order valence-electron chi connectivity index (χ1n) is 5.96. The number of alkyl halides is 2. The van der Waals surface area contributed by atoms with Crippen LogP contribution in [0, 0.1) is 5.92 Å². The van der Waals surface area contributed by atoms with Gasteiger partial charge >= 0.3 is 0 Å². The van der Waals surface area contributed by atoms with Gasteiger partial charge in [0.05, 0.1) is 11.4 Å². The number of halogens is 2. The first-order chi connectivity index (χ1) is 7.98. The number of anilines is 2. The first-order valence-corrected chi connectivity index (χ1v) is 5.96. The molecule has 1 aromatic rings. The lowest BCUT2D eigenvalue weighted by Crippen LogP contribution is -2.39. The lowest BCUT2D eigenvalue weighted by atomic mass is 9.91. The largest absolute Gasteiger partial charge is 0.397 e. The van der Waals surface area contributed by atoms with Crippen LogP contribution < -0.4 is 10.6 Å². The molecule has 0 saturated carbocycles. The molecule has 1 aliphatic rings. The van der Waals surface area contributed by atoms with Crippen molar-refractivity contribution in [1.82, 2.24) is 0 Å². The third-order valence-electron chi connectivity index (χ3n) is 3.49. The molecule has 0 amide bonds. The molecule has 2 N–H and O–H groups in total. The SMILES string of the molecule is CC(F)(F)C1CCN(c2ccccc2N)CC1. The van der Waals surface area contributed by atoms with Crippen molar-refractivity contribution < 1.29 is 8.78 Å². The Hall–Kier alpha value is -1.32. The number of para-hydroxylation sites is 2. The van der Waals surface area contributed by atoms with Crippen LogP contribution >= 0.6 is 0 Å². The topological polar surface area (TPSA) is 29.3 Å². The van der Waals surface area contributed by atoms with Crippen LogP contribution in [-0.4, -0.2) is 19.0 Å².